The zero-order valence-electron chi connectivity index (χ0n) is 13.5. The van der Waals surface area contributed by atoms with E-state index >= 15 is 0 Å². The van der Waals surface area contributed by atoms with Crippen molar-refractivity contribution in [3.05, 3.63) is 0 Å². The molecule has 4 heteroatoms. The van der Waals surface area contributed by atoms with E-state index in [0.29, 0.717) is 30.9 Å². The van der Waals surface area contributed by atoms with Gasteiger partial charge in [0, 0.05) is 38.8 Å². The lowest BCUT2D eigenvalue weighted by atomic mass is 9.89. The van der Waals surface area contributed by atoms with Gasteiger partial charge in [-0.3, -0.25) is 4.79 Å². The fourth-order valence-electron chi connectivity index (χ4n) is 2.90. The van der Waals surface area contributed by atoms with E-state index in [0.717, 1.165) is 45.5 Å². The van der Waals surface area contributed by atoms with Crippen molar-refractivity contribution in [2.24, 2.45) is 5.92 Å². The molecule has 0 radical (unpaired) electrons. The molecule has 4 nitrogen and oxygen atoms in total. The summed E-state index contributed by atoms with van der Waals surface area (Å²) in [6.07, 6.45) is 4.88. The number of carbonyl (C=O) groups is 1. The third-order valence-corrected chi connectivity index (χ3v) is 4.15. The van der Waals surface area contributed by atoms with Gasteiger partial charge in [0.2, 0.25) is 5.91 Å². The molecule has 2 atom stereocenters. The average Bonchev–Trinajstić information content (AvgIpc) is 2.49. The van der Waals surface area contributed by atoms with E-state index in [1.54, 1.807) is 0 Å². The zero-order valence-corrected chi connectivity index (χ0v) is 13.5. The van der Waals surface area contributed by atoms with Crippen molar-refractivity contribution >= 4 is 5.91 Å². The monoisotopic (exact) mass is 284 g/mol. The van der Waals surface area contributed by atoms with Crippen LogP contribution in [-0.2, 0) is 9.53 Å². The number of nitrogens with zero attached hydrogens (tertiary/aromatic N) is 1. The van der Waals surface area contributed by atoms with E-state index < -0.39 is 0 Å². The predicted molar refractivity (Wildman–Crippen MR) is 82.8 cm³/mol. The number of nitrogens with one attached hydrogen (secondary N) is 1. The summed E-state index contributed by atoms with van der Waals surface area (Å²) in [7, 11) is 0. The minimum absolute atomic E-state index is 0.303. The van der Waals surface area contributed by atoms with Crippen LogP contribution in [0.3, 0.4) is 0 Å². The Morgan fingerprint density at radius 3 is 2.80 bits per heavy atom. The highest BCUT2D eigenvalue weighted by Crippen LogP contribution is 2.21. The molecule has 1 amide bonds. The van der Waals surface area contributed by atoms with Gasteiger partial charge in [0.25, 0.3) is 0 Å². The van der Waals surface area contributed by atoms with E-state index in [1.807, 2.05) is 6.92 Å². The Bertz CT molecular complexity index is 271. The summed E-state index contributed by atoms with van der Waals surface area (Å²) >= 11 is 0. The number of ether oxygens (including phenoxy) is 1. The molecular formula is C16H32N2O2. The molecule has 0 spiro atoms. The van der Waals surface area contributed by atoms with Crippen molar-refractivity contribution in [3.8, 4) is 0 Å². The van der Waals surface area contributed by atoms with Crippen molar-refractivity contribution in [1.82, 2.24) is 10.2 Å². The van der Waals surface area contributed by atoms with Gasteiger partial charge in [0.15, 0.2) is 0 Å². The number of carbonyl (C=O) groups excluding carboxylic acids is 1. The van der Waals surface area contributed by atoms with Crippen LogP contribution in [0.1, 0.15) is 52.9 Å². The van der Waals surface area contributed by atoms with E-state index in [1.165, 1.54) is 6.42 Å². The first-order valence-corrected chi connectivity index (χ1v) is 8.31. The highest BCUT2D eigenvalue weighted by molar-refractivity contribution is 5.76. The number of piperidine rings is 1. The van der Waals surface area contributed by atoms with Crippen LogP contribution in [0.2, 0.25) is 0 Å². The Morgan fingerprint density at radius 1 is 1.35 bits per heavy atom. The van der Waals surface area contributed by atoms with Gasteiger partial charge < -0.3 is 15.0 Å². The minimum Gasteiger partial charge on any atom is -0.382 e. The molecule has 1 heterocycles. The molecule has 0 aliphatic carbocycles. The number of hydrogen-bond donors (Lipinski definition) is 1. The van der Waals surface area contributed by atoms with E-state index in [4.69, 9.17) is 4.74 Å². The highest BCUT2D eigenvalue weighted by Gasteiger charge is 2.29. The van der Waals surface area contributed by atoms with Gasteiger partial charge in [-0.05, 0) is 38.6 Å². The molecule has 118 valence electrons. The predicted octanol–water partition coefficient (Wildman–Crippen LogP) is 2.43. The lowest BCUT2D eigenvalue weighted by Gasteiger charge is -2.39. The lowest BCUT2D eigenvalue weighted by molar-refractivity contribution is -0.133. The quantitative estimate of drug-likeness (QED) is 0.661. The molecule has 1 aliphatic heterocycles. The van der Waals surface area contributed by atoms with E-state index in [-0.39, 0.29) is 0 Å². The lowest BCUT2D eigenvalue weighted by Crippen LogP contribution is -2.51. The maximum absolute atomic E-state index is 12.2. The van der Waals surface area contributed by atoms with E-state index in [9.17, 15) is 4.79 Å². The summed E-state index contributed by atoms with van der Waals surface area (Å²) < 4.78 is 5.29. The van der Waals surface area contributed by atoms with Crippen LogP contribution >= 0.6 is 0 Å². The van der Waals surface area contributed by atoms with Crippen molar-refractivity contribution in [2.75, 3.05) is 32.8 Å². The van der Waals surface area contributed by atoms with Crippen LogP contribution < -0.4 is 5.32 Å². The summed E-state index contributed by atoms with van der Waals surface area (Å²) in [5.41, 5.74) is 0. The van der Waals surface area contributed by atoms with E-state index in [2.05, 4.69) is 24.1 Å². The smallest absolute Gasteiger partial charge is 0.222 e. The molecule has 0 aromatic rings. The molecular weight excluding hydrogens is 252 g/mol. The Hall–Kier alpha value is -0.610. The van der Waals surface area contributed by atoms with Crippen molar-refractivity contribution in [1.29, 1.82) is 0 Å². The SMILES string of the molecule is CCCNC1CCN(C(=O)CCCOCC)CC1CC. The summed E-state index contributed by atoms with van der Waals surface area (Å²) in [5.74, 6) is 0.906. The third kappa shape index (κ3) is 5.80. The van der Waals surface area contributed by atoms with Crippen LogP contribution in [0.5, 0.6) is 0 Å². The van der Waals surface area contributed by atoms with Crippen LogP contribution in [0, 0.1) is 5.92 Å². The number of rotatable bonds is 9. The summed E-state index contributed by atoms with van der Waals surface area (Å²) in [6.45, 7) is 10.8. The number of amides is 1. The van der Waals surface area contributed by atoms with Crippen LogP contribution in [-0.4, -0.2) is 49.7 Å². The van der Waals surface area contributed by atoms with Gasteiger partial charge in [-0.15, -0.1) is 0 Å². The summed E-state index contributed by atoms with van der Waals surface area (Å²) in [5, 5.41) is 3.63. The van der Waals surface area contributed by atoms with Gasteiger partial charge in [-0.2, -0.15) is 0 Å². The fraction of sp³-hybridized carbons (Fsp3) is 0.938. The molecule has 2 unspecified atom stereocenters. The van der Waals surface area contributed by atoms with Gasteiger partial charge in [-0.1, -0.05) is 20.3 Å². The molecule has 0 aromatic carbocycles. The summed E-state index contributed by atoms with van der Waals surface area (Å²) in [6, 6.07) is 0.590. The Morgan fingerprint density at radius 2 is 2.15 bits per heavy atom. The maximum atomic E-state index is 12.2. The van der Waals surface area contributed by atoms with Gasteiger partial charge in [-0.25, -0.2) is 0 Å². The normalized spacial score (nSPS) is 23.1. The van der Waals surface area contributed by atoms with Gasteiger partial charge >= 0.3 is 0 Å². The molecule has 1 fully saturated rings. The van der Waals surface area contributed by atoms with Crippen LogP contribution in [0.25, 0.3) is 0 Å². The molecule has 0 aromatic heterocycles. The van der Waals surface area contributed by atoms with Crippen molar-refractivity contribution in [2.45, 2.75) is 58.9 Å². The van der Waals surface area contributed by atoms with Gasteiger partial charge in [0.05, 0.1) is 0 Å². The van der Waals surface area contributed by atoms with Crippen LogP contribution in [0.15, 0.2) is 0 Å². The Balaban J connectivity index is 2.33. The second kappa shape index (κ2) is 10.2. The number of hydrogen-bond acceptors (Lipinski definition) is 3. The number of likely N-dealkylation sites (tertiary alicyclic amines) is 1. The highest BCUT2D eigenvalue weighted by atomic mass is 16.5. The zero-order chi connectivity index (χ0) is 14.8. The van der Waals surface area contributed by atoms with Crippen molar-refractivity contribution in [3.63, 3.8) is 0 Å². The first kappa shape index (κ1) is 17.4. The molecule has 1 saturated heterocycles. The second-order valence-electron chi connectivity index (χ2n) is 5.66. The maximum Gasteiger partial charge on any atom is 0.222 e. The van der Waals surface area contributed by atoms with Crippen LogP contribution in [0.4, 0.5) is 0 Å². The first-order valence-electron chi connectivity index (χ1n) is 8.31. The molecule has 1 aliphatic rings. The molecule has 0 bridgehead atoms. The minimum atomic E-state index is 0.303. The van der Waals surface area contributed by atoms with Gasteiger partial charge in [0.1, 0.15) is 0 Å². The topological polar surface area (TPSA) is 41.6 Å². The second-order valence-corrected chi connectivity index (χ2v) is 5.66. The van der Waals surface area contributed by atoms with Crippen molar-refractivity contribution < 1.29 is 9.53 Å². The molecule has 20 heavy (non-hydrogen) atoms. The molecule has 1 N–H and O–H groups in total. The average molecular weight is 284 g/mol. The largest absolute Gasteiger partial charge is 0.382 e. The first-order chi connectivity index (χ1) is 9.72. The Labute approximate surface area is 124 Å². The fourth-order valence-corrected chi connectivity index (χ4v) is 2.90. The Kier molecular flexibility index (Phi) is 8.86. The summed E-state index contributed by atoms with van der Waals surface area (Å²) in [4.78, 5) is 14.3. The molecule has 1 rings (SSSR count). The molecule has 0 saturated carbocycles. The standard InChI is InChI=1S/C16H32N2O2/c1-4-10-17-15-9-11-18(13-14(15)5-2)16(19)8-7-12-20-6-3/h14-15,17H,4-13H2,1-3H3. The third-order valence-electron chi connectivity index (χ3n) is 4.15.